The number of likely N-dealkylation sites (N-methyl/N-ethyl adjacent to an activating group) is 1. The van der Waals surface area contributed by atoms with Crippen molar-refractivity contribution >= 4 is 34.8 Å². The second-order valence-corrected chi connectivity index (χ2v) is 12.6. The standard InChI is InChI=1S/C35H40N8O4/c1-23(44)47-22-27-26(8-6-10-31(27)43-18-17-42-30-9-5-4-7-24(30)19-32(42)35(43)46)28-20-29(34(45)40(3)38-28)37-33-12-11-25(21-36-33)41-15-13-39(2)14-16-41/h6,8,10-12,19-21H,4-5,7,9,13-18,22H2,1-3H3,(H,36,37). The number of aryl methyl sites for hydroxylation is 2. The molecule has 0 saturated carbocycles. The number of amides is 1. The number of fused-ring (bicyclic) bond motifs is 3. The van der Waals surface area contributed by atoms with E-state index in [1.54, 1.807) is 18.0 Å². The number of anilines is 4. The Morgan fingerprint density at radius 1 is 0.957 bits per heavy atom. The van der Waals surface area contributed by atoms with Crippen LogP contribution in [-0.2, 0) is 42.6 Å². The molecule has 0 radical (unpaired) electrons. The molecule has 0 unspecified atom stereocenters. The van der Waals surface area contributed by atoms with E-state index in [9.17, 15) is 14.4 Å². The van der Waals surface area contributed by atoms with Gasteiger partial charge >= 0.3 is 5.97 Å². The molecule has 12 nitrogen and oxygen atoms in total. The molecule has 0 atom stereocenters. The molecule has 7 rings (SSSR count). The number of benzene rings is 1. The van der Waals surface area contributed by atoms with Gasteiger partial charge in [-0.2, -0.15) is 5.10 Å². The minimum atomic E-state index is -0.431. The number of esters is 1. The van der Waals surface area contributed by atoms with E-state index in [4.69, 9.17) is 4.74 Å². The van der Waals surface area contributed by atoms with Gasteiger partial charge in [0.15, 0.2) is 0 Å². The number of pyridine rings is 1. The van der Waals surface area contributed by atoms with Gasteiger partial charge in [-0.25, -0.2) is 9.67 Å². The van der Waals surface area contributed by atoms with E-state index in [-0.39, 0.29) is 18.1 Å². The number of ether oxygens (including phenoxy) is 1. The fraction of sp³-hybridized carbons (Fsp3) is 0.400. The minimum Gasteiger partial charge on any atom is -0.461 e. The summed E-state index contributed by atoms with van der Waals surface area (Å²) >= 11 is 0. The van der Waals surface area contributed by atoms with Crippen LogP contribution in [0.15, 0.2) is 53.5 Å². The summed E-state index contributed by atoms with van der Waals surface area (Å²) in [5, 5.41) is 7.77. The van der Waals surface area contributed by atoms with E-state index in [0.717, 1.165) is 57.5 Å². The van der Waals surface area contributed by atoms with Crippen LogP contribution in [0, 0.1) is 0 Å². The zero-order chi connectivity index (χ0) is 32.7. The zero-order valence-corrected chi connectivity index (χ0v) is 27.2. The Morgan fingerprint density at radius 2 is 1.77 bits per heavy atom. The number of hydrogen-bond acceptors (Lipinski definition) is 9. The second-order valence-electron chi connectivity index (χ2n) is 12.6. The first kappa shape index (κ1) is 30.7. The van der Waals surface area contributed by atoms with Crippen LogP contribution in [0.3, 0.4) is 0 Å². The Hall–Kier alpha value is -4.97. The first-order chi connectivity index (χ1) is 22.8. The van der Waals surface area contributed by atoms with Crippen molar-refractivity contribution in [2.24, 2.45) is 7.05 Å². The highest BCUT2D eigenvalue weighted by molar-refractivity contribution is 6.07. The second kappa shape index (κ2) is 12.7. The Morgan fingerprint density at radius 3 is 2.53 bits per heavy atom. The van der Waals surface area contributed by atoms with Gasteiger partial charge in [-0.05, 0) is 68.6 Å². The lowest BCUT2D eigenvalue weighted by molar-refractivity contribution is -0.142. The van der Waals surface area contributed by atoms with E-state index in [0.29, 0.717) is 52.8 Å². The van der Waals surface area contributed by atoms with Crippen molar-refractivity contribution in [2.45, 2.75) is 45.8 Å². The lowest BCUT2D eigenvalue weighted by atomic mass is 9.98. The van der Waals surface area contributed by atoms with Crippen LogP contribution in [0.5, 0.6) is 0 Å². The van der Waals surface area contributed by atoms with Crippen LogP contribution < -0.4 is 20.7 Å². The van der Waals surface area contributed by atoms with Crippen molar-refractivity contribution < 1.29 is 14.3 Å². The van der Waals surface area contributed by atoms with Gasteiger partial charge in [0, 0.05) is 70.1 Å². The number of piperazine rings is 1. The van der Waals surface area contributed by atoms with Crippen molar-refractivity contribution in [2.75, 3.05) is 54.9 Å². The average Bonchev–Trinajstić information content (AvgIpc) is 3.46. The molecule has 0 spiro atoms. The number of hydrogen-bond donors (Lipinski definition) is 1. The molecule has 2 aliphatic heterocycles. The predicted molar refractivity (Wildman–Crippen MR) is 180 cm³/mol. The predicted octanol–water partition coefficient (Wildman–Crippen LogP) is 3.74. The minimum absolute atomic E-state index is 0.0509. The lowest BCUT2D eigenvalue weighted by Gasteiger charge is -2.33. The summed E-state index contributed by atoms with van der Waals surface area (Å²) in [7, 11) is 3.72. The molecular weight excluding hydrogens is 596 g/mol. The highest BCUT2D eigenvalue weighted by Gasteiger charge is 2.32. The van der Waals surface area contributed by atoms with Crippen molar-refractivity contribution in [3.8, 4) is 11.3 Å². The largest absolute Gasteiger partial charge is 0.461 e. The summed E-state index contributed by atoms with van der Waals surface area (Å²) in [4.78, 5) is 50.2. The van der Waals surface area contributed by atoms with Gasteiger partial charge in [0.05, 0.1) is 23.3 Å². The molecular formula is C35H40N8O4. The quantitative estimate of drug-likeness (QED) is 0.303. The molecule has 244 valence electrons. The Kier molecular flexibility index (Phi) is 8.27. The van der Waals surface area contributed by atoms with Crippen molar-refractivity contribution in [3.05, 3.63) is 81.5 Å². The van der Waals surface area contributed by atoms with Crippen molar-refractivity contribution in [1.29, 1.82) is 0 Å². The van der Waals surface area contributed by atoms with Crippen LogP contribution >= 0.6 is 0 Å². The molecule has 3 aliphatic rings. The molecule has 3 aromatic heterocycles. The Labute approximate surface area is 273 Å². The number of nitrogens with one attached hydrogen (secondary N) is 1. The van der Waals surface area contributed by atoms with E-state index < -0.39 is 5.97 Å². The summed E-state index contributed by atoms with van der Waals surface area (Å²) in [6.07, 6.45) is 6.11. The fourth-order valence-electron chi connectivity index (χ4n) is 6.94. The highest BCUT2D eigenvalue weighted by Crippen LogP contribution is 2.36. The van der Waals surface area contributed by atoms with Crippen LogP contribution in [0.25, 0.3) is 11.3 Å². The molecule has 1 saturated heterocycles. The molecule has 1 amide bonds. The smallest absolute Gasteiger partial charge is 0.302 e. The van der Waals surface area contributed by atoms with Crippen LogP contribution in [-0.4, -0.2) is 75.9 Å². The third kappa shape index (κ3) is 6.00. The van der Waals surface area contributed by atoms with Gasteiger partial charge in [0.2, 0.25) is 0 Å². The summed E-state index contributed by atoms with van der Waals surface area (Å²) in [5.74, 6) is 0.0310. The maximum atomic E-state index is 14.0. The van der Waals surface area contributed by atoms with Gasteiger partial charge in [-0.1, -0.05) is 12.1 Å². The molecule has 4 aromatic rings. The Balaban J connectivity index is 1.21. The average molecular weight is 637 g/mol. The van der Waals surface area contributed by atoms with Gasteiger partial charge in [-0.15, -0.1) is 0 Å². The Bertz CT molecular complexity index is 1890. The highest BCUT2D eigenvalue weighted by atomic mass is 16.5. The van der Waals surface area contributed by atoms with Gasteiger partial charge in [-0.3, -0.25) is 14.4 Å². The molecule has 12 heteroatoms. The van der Waals surface area contributed by atoms with E-state index >= 15 is 0 Å². The topological polar surface area (TPSA) is 118 Å². The summed E-state index contributed by atoms with van der Waals surface area (Å²) < 4.78 is 8.99. The summed E-state index contributed by atoms with van der Waals surface area (Å²) in [6.45, 7) is 6.37. The third-order valence-electron chi connectivity index (χ3n) is 9.50. The molecule has 1 aliphatic carbocycles. The molecule has 47 heavy (non-hydrogen) atoms. The molecule has 0 bridgehead atoms. The van der Waals surface area contributed by atoms with Crippen LogP contribution in [0.2, 0.25) is 0 Å². The first-order valence-corrected chi connectivity index (χ1v) is 16.3. The zero-order valence-electron chi connectivity index (χ0n) is 27.2. The SMILES string of the molecule is CC(=O)OCc1c(-c2cc(Nc3ccc(N4CCN(C)CC4)cn3)c(=O)n(C)n2)cccc1N1CCn2c(cc3c2CCCC3)C1=O. The van der Waals surface area contributed by atoms with Crippen molar-refractivity contribution in [3.63, 3.8) is 0 Å². The summed E-state index contributed by atoms with van der Waals surface area (Å²) in [6, 6.07) is 13.2. The van der Waals surface area contributed by atoms with Crippen LogP contribution in [0.4, 0.5) is 22.9 Å². The fourth-order valence-corrected chi connectivity index (χ4v) is 6.94. The monoisotopic (exact) mass is 636 g/mol. The number of aromatic nitrogens is 4. The normalized spacial score (nSPS) is 16.5. The maximum absolute atomic E-state index is 14.0. The van der Waals surface area contributed by atoms with E-state index in [1.807, 2.05) is 36.5 Å². The van der Waals surface area contributed by atoms with Gasteiger partial charge in [0.1, 0.15) is 23.8 Å². The molecule has 1 N–H and O–H groups in total. The number of nitrogens with zero attached hydrogens (tertiary/aromatic N) is 7. The van der Waals surface area contributed by atoms with Gasteiger partial charge < -0.3 is 29.3 Å². The molecule has 5 heterocycles. The number of rotatable bonds is 7. The molecule has 1 fully saturated rings. The third-order valence-corrected chi connectivity index (χ3v) is 9.50. The van der Waals surface area contributed by atoms with Crippen LogP contribution in [0.1, 0.15) is 47.1 Å². The van der Waals surface area contributed by atoms with Crippen molar-refractivity contribution in [1.82, 2.24) is 24.2 Å². The lowest BCUT2D eigenvalue weighted by Crippen LogP contribution is -2.44. The number of carbonyl (C=O) groups excluding carboxylic acids is 2. The van der Waals surface area contributed by atoms with E-state index in [1.165, 1.54) is 22.9 Å². The number of carbonyl (C=O) groups is 2. The van der Waals surface area contributed by atoms with E-state index in [2.05, 4.69) is 42.9 Å². The first-order valence-electron chi connectivity index (χ1n) is 16.3. The maximum Gasteiger partial charge on any atom is 0.302 e. The summed E-state index contributed by atoms with van der Waals surface area (Å²) in [5.41, 5.74) is 6.75. The van der Waals surface area contributed by atoms with Gasteiger partial charge in [0.25, 0.3) is 11.5 Å². The molecule has 1 aromatic carbocycles.